The van der Waals surface area contributed by atoms with Gasteiger partial charge in [-0.25, -0.2) is 4.98 Å². The molecule has 2 aromatic carbocycles. The molecule has 0 saturated carbocycles. The number of hydrogen-bond acceptors (Lipinski definition) is 4. The Hall–Kier alpha value is -2.37. The first-order chi connectivity index (χ1) is 10.1. The molecule has 0 radical (unpaired) electrons. The van der Waals surface area contributed by atoms with Crippen LogP contribution in [0.2, 0.25) is 5.02 Å². The van der Waals surface area contributed by atoms with Gasteiger partial charge in [-0.15, -0.1) is 0 Å². The molecule has 21 heavy (non-hydrogen) atoms. The molecule has 0 unspecified atom stereocenters. The van der Waals surface area contributed by atoms with E-state index in [0.29, 0.717) is 16.7 Å². The number of hydrogen-bond donors (Lipinski definition) is 3. The topological polar surface area (TPSA) is 87.8 Å². The fourth-order valence-electron chi connectivity index (χ4n) is 2.02. The third-order valence-corrected chi connectivity index (χ3v) is 3.38. The quantitative estimate of drug-likeness (QED) is 0.694. The van der Waals surface area contributed by atoms with E-state index in [1.807, 2.05) is 18.2 Å². The summed E-state index contributed by atoms with van der Waals surface area (Å²) in [5, 5.41) is 17.1. The maximum Gasteiger partial charge on any atom is 0.181 e. The third kappa shape index (κ3) is 2.89. The first-order valence-electron chi connectivity index (χ1n) is 6.36. The van der Waals surface area contributed by atoms with Gasteiger partial charge >= 0.3 is 0 Å². The lowest BCUT2D eigenvalue weighted by atomic mass is 10.1. The largest absolute Gasteiger partial charge is 0.508 e. The Kier molecular flexibility index (Phi) is 3.60. The molecule has 1 aromatic heterocycles. The number of aromatic hydroxyl groups is 1. The molecule has 1 atom stereocenters. The summed E-state index contributed by atoms with van der Waals surface area (Å²) < 4.78 is 0. The maximum atomic E-state index is 9.49. The van der Waals surface area contributed by atoms with Gasteiger partial charge in [-0.3, -0.25) is 5.10 Å². The van der Waals surface area contributed by atoms with Crippen molar-refractivity contribution < 1.29 is 5.11 Å². The van der Waals surface area contributed by atoms with Crippen LogP contribution < -0.4 is 5.73 Å². The van der Waals surface area contributed by atoms with Crippen LogP contribution >= 0.6 is 11.6 Å². The van der Waals surface area contributed by atoms with Crippen LogP contribution in [-0.2, 0) is 0 Å². The van der Waals surface area contributed by atoms with Crippen molar-refractivity contribution >= 4 is 11.6 Å². The molecule has 4 N–H and O–H groups in total. The summed E-state index contributed by atoms with van der Waals surface area (Å²) in [4.78, 5) is 4.38. The molecule has 0 spiro atoms. The summed E-state index contributed by atoms with van der Waals surface area (Å²) in [6, 6.07) is 13.6. The van der Waals surface area contributed by atoms with Crippen molar-refractivity contribution in [2.75, 3.05) is 0 Å². The van der Waals surface area contributed by atoms with Gasteiger partial charge in [0.25, 0.3) is 0 Å². The third-order valence-electron chi connectivity index (χ3n) is 3.13. The molecule has 3 aromatic rings. The van der Waals surface area contributed by atoms with Crippen molar-refractivity contribution in [1.29, 1.82) is 0 Å². The van der Waals surface area contributed by atoms with Gasteiger partial charge in [-0.1, -0.05) is 35.9 Å². The van der Waals surface area contributed by atoms with E-state index in [1.54, 1.807) is 30.3 Å². The summed E-state index contributed by atoms with van der Waals surface area (Å²) >= 11 is 5.86. The highest BCUT2D eigenvalue weighted by Crippen LogP contribution is 2.23. The highest BCUT2D eigenvalue weighted by molar-refractivity contribution is 6.30. The molecule has 106 valence electrons. The smallest absolute Gasteiger partial charge is 0.181 e. The lowest BCUT2D eigenvalue weighted by Crippen LogP contribution is -2.13. The van der Waals surface area contributed by atoms with Crippen molar-refractivity contribution in [3.8, 4) is 17.1 Å². The van der Waals surface area contributed by atoms with Crippen LogP contribution in [0.25, 0.3) is 11.4 Å². The minimum atomic E-state index is -0.416. The van der Waals surface area contributed by atoms with Gasteiger partial charge in [0.15, 0.2) is 5.82 Å². The van der Waals surface area contributed by atoms with E-state index in [-0.39, 0.29) is 5.75 Å². The molecule has 0 aliphatic heterocycles. The Balaban J connectivity index is 1.89. The molecule has 1 heterocycles. The Morgan fingerprint density at radius 1 is 1.14 bits per heavy atom. The van der Waals surface area contributed by atoms with E-state index in [1.165, 1.54) is 0 Å². The molecule has 0 aliphatic carbocycles. The van der Waals surface area contributed by atoms with E-state index >= 15 is 0 Å². The molecule has 0 amide bonds. The van der Waals surface area contributed by atoms with Gasteiger partial charge in [0, 0.05) is 10.6 Å². The molecular formula is C15H13ClN4O. The van der Waals surface area contributed by atoms with E-state index in [0.717, 1.165) is 11.1 Å². The number of aromatic nitrogens is 3. The number of halogens is 1. The number of nitrogens with zero attached hydrogens (tertiary/aromatic N) is 2. The SMILES string of the molecule is N[C@@H](c1ccc(Cl)cc1)c1nc(-c2cccc(O)c2)n[nH]1. The zero-order valence-electron chi connectivity index (χ0n) is 11.0. The molecule has 0 aliphatic rings. The van der Waals surface area contributed by atoms with Crippen LogP contribution in [-0.4, -0.2) is 20.3 Å². The minimum Gasteiger partial charge on any atom is -0.508 e. The zero-order chi connectivity index (χ0) is 14.8. The Labute approximate surface area is 126 Å². The van der Waals surface area contributed by atoms with E-state index in [4.69, 9.17) is 17.3 Å². The second-order valence-corrected chi connectivity index (χ2v) is 5.06. The summed E-state index contributed by atoms with van der Waals surface area (Å²) in [5.74, 6) is 1.21. The lowest BCUT2D eigenvalue weighted by Gasteiger charge is -2.08. The highest BCUT2D eigenvalue weighted by atomic mass is 35.5. The van der Waals surface area contributed by atoms with E-state index < -0.39 is 6.04 Å². The highest BCUT2D eigenvalue weighted by Gasteiger charge is 2.14. The predicted octanol–water partition coefficient (Wildman–Crippen LogP) is 2.88. The molecule has 6 heteroatoms. The number of nitrogens with two attached hydrogens (primary N) is 1. The van der Waals surface area contributed by atoms with Gasteiger partial charge in [0.1, 0.15) is 11.6 Å². The number of rotatable bonds is 3. The summed E-state index contributed by atoms with van der Waals surface area (Å²) in [6.07, 6.45) is 0. The summed E-state index contributed by atoms with van der Waals surface area (Å²) in [5.41, 5.74) is 7.77. The van der Waals surface area contributed by atoms with Crippen molar-refractivity contribution in [3.05, 3.63) is 64.9 Å². The van der Waals surface area contributed by atoms with Gasteiger partial charge in [-0.05, 0) is 29.8 Å². The van der Waals surface area contributed by atoms with Gasteiger partial charge < -0.3 is 10.8 Å². The minimum absolute atomic E-state index is 0.167. The fraction of sp³-hybridized carbons (Fsp3) is 0.0667. The lowest BCUT2D eigenvalue weighted by molar-refractivity contribution is 0.475. The van der Waals surface area contributed by atoms with Gasteiger partial charge in [-0.2, -0.15) is 5.10 Å². The Morgan fingerprint density at radius 3 is 2.62 bits per heavy atom. The molecule has 0 fully saturated rings. The second-order valence-electron chi connectivity index (χ2n) is 4.62. The number of phenolic OH excluding ortho intramolecular Hbond substituents is 1. The second kappa shape index (κ2) is 5.55. The van der Waals surface area contributed by atoms with Crippen molar-refractivity contribution in [3.63, 3.8) is 0 Å². The Morgan fingerprint density at radius 2 is 1.90 bits per heavy atom. The Bertz CT molecular complexity index is 754. The van der Waals surface area contributed by atoms with Crippen LogP contribution in [0.4, 0.5) is 0 Å². The van der Waals surface area contributed by atoms with E-state index in [2.05, 4.69) is 15.2 Å². The molecule has 0 bridgehead atoms. The van der Waals surface area contributed by atoms with E-state index in [9.17, 15) is 5.11 Å². The summed E-state index contributed by atoms with van der Waals surface area (Å²) in [6.45, 7) is 0. The number of aromatic amines is 1. The summed E-state index contributed by atoms with van der Waals surface area (Å²) in [7, 11) is 0. The number of phenols is 1. The standard InChI is InChI=1S/C15H13ClN4O/c16-11-6-4-9(5-7-11)13(17)15-18-14(19-20-15)10-2-1-3-12(21)8-10/h1-8,13,21H,17H2,(H,18,19,20)/t13-/m0/s1. The normalized spacial score (nSPS) is 12.3. The average molecular weight is 301 g/mol. The number of H-pyrrole nitrogens is 1. The first kappa shape index (κ1) is 13.6. The van der Waals surface area contributed by atoms with Crippen molar-refractivity contribution in [2.24, 2.45) is 5.73 Å². The van der Waals surface area contributed by atoms with Crippen LogP contribution in [0.5, 0.6) is 5.75 Å². The molecular weight excluding hydrogens is 288 g/mol. The zero-order valence-corrected chi connectivity index (χ0v) is 11.7. The molecule has 0 saturated heterocycles. The van der Waals surface area contributed by atoms with Crippen LogP contribution in [0.1, 0.15) is 17.4 Å². The van der Waals surface area contributed by atoms with Gasteiger partial charge in [0.05, 0.1) is 6.04 Å². The maximum absolute atomic E-state index is 9.49. The van der Waals surface area contributed by atoms with Crippen LogP contribution in [0.15, 0.2) is 48.5 Å². The first-order valence-corrected chi connectivity index (χ1v) is 6.74. The van der Waals surface area contributed by atoms with Crippen LogP contribution in [0, 0.1) is 0 Å². The predicted molar refractivity (Wildman–Crippen MR) is 81.0 cm³/mol. The average Bonchev–Trinajstić information content (AvgIpc) is 2.97. The monoisotopic (exact) mass is 300 g/mol. The molecule has 5 nitrogen and oxygen atoms in total. The van der Waals surface area contributed by atoms with Crippen molar-refractivity contribution in [1.82, 2.24) is 15.2 Å². The van der Waals surface area contributed by atoms with Crippen molar-refractivity contribution in [2.45, 2.75) is 6.04 Å². The van der Waals surface area contributed by atoms with Gasteiger partial charge in [0.2, 0.25) is 0 Å². The van der Waals surface area contributed by atoms with Crippen LogP contribution in [0.3, 0.4) is 0 Å². The number of nitrogens with one attached hydrogen (secondary N) is 1. The fourth-order valence-corrected chi connectivity index (χ4v) is 2.14. The molecule has 3 rings (SSSR count). The number of benzene rings is 2.